The van der Waals surface area contributed by atoms with Crippen molar-refractivity contribution >= 4 is 12.6 Å². The highest BCUT2D eigenvalue weighted by Gasteiger charge is 2.12. The second-order valence-corrected chi connectivity index (χ2v) is 4.89. The van der Waals surface area contributed by atoms with Gasteiger partial charge in [0.05, 0.1) is 13.2 Å². The number of fused-ring (bicyclic) bond motifs is 1. The fourth-order valence-electron chi connectivity index (χ4n) is 2.30. The lowest BCUT2D eigenvalue weighted by Crippen LogP contribution is -2.30. The molecule has 1 aliphatic heterocycles. The van der Waals surface area contributed by atoms with Crippen LogP contribution in [0.15, 0.2) is 24.3 Å². The van der Waals surface area contributed by atoms with Crippen molar-refractivity contribution in [3.05, 3.63) is 35.4 Å². The summed E-state index contributed by atoms with van der Waals surface area (Å²) in [6, 6.07) is 8.81. The van der Waals surface area contributed by atoms with E-state index < -0.39 is 0 Å². The Morgan fingerprint density at radius 1 is 1.06 bits per heavy atom. The van der Waals surface area contributed by atoms with Crippen molar-refractivity contribution in [3.63, 3.8) is 0 Å². The van der Waals surface area contributed by atoms with Crippen molar-refractivity contribution < 1.29 is 4.74 Å². The first-order chi connectivity index (χ1) is 8.40. The van der Waals surface area contributed by atoms with Gasteiger partial charge >= 0.3 is 0 Å². The fourth-order valence-corrected chi connectivity index (χ4v) is 2.43. The highest BCUT2D eigenvalue weighted by atomic mass is 32.1. The van der Waals surface area contributed by atoms with Gasteiger partial charge in [-0.1, -0.05) is 24.3 Å². The molecule has 2 rings (SSSR count). The maximum Gasteiger partial charge on any atom is 0.0593 e. The molecule has 3 heteroatoms. The zero-order valence-corrected chi connectivity index (χ0v) is 11.2. The Labute approximate surface area is 109 Å². The predicted molar refractivity (Wildman–Crippen MR) is 75.0 cm³/mol. The Kier molecular flexibility index (Phi) is 5.36. The van der Waals surface area contributed by atoms with E-state index in [-0.39, 0.29) is 0 Å². The van der Waals surface area contributed by atoms with Gasteiger partial charge in [-0.05, 0) is 24.0 Å². The molecule has 0 aliphatic carbocycles. The van der Waals surface area contributed by atoms with Crippen molar-refractivity contribution in [2.75, 3.05) is 38.6 Å². The summed E-state index contributed by atoms with van der Waals surface area (Å²) in [7, 11) is 0. The standard InChI is InChI=1S/C14H21NOS/c17-12-11-16-10-9-15-7-5-13-3-1-2-4-14(13)6-8-15/h1-4,17H,5-12H2. The quantitative estimate of drug-likeness (QED) is 0.635. The van der Waals surface area contributed by atoms with Crippen LogP contribution in [0.3, 0.4) is 0 Å². The van der Waals surface area contributed by atoms with Crippen LogP contribution in [0.5, 0.6) is 0 Å². The van der Waals surface area contributed by atoms with Crippen LogP contribution >= 0.6 is 12.6 Å². The van der Waals surface area contributed by atoms with Gasteiger partial charge in [0.25, 0.3) is 0 Å². The van der Waals surface area contributed by atoms with Crippen molar-refractivity contribution in [3.8, 4) is 0 Å². The molecule has 0 radical (unpaired) electrons. The Hall–Kier alpha value is -0.510. The lowest BCUT2D eigenvalue weighted by molar-refractivity contribution is 0.117. The van der Waals surface area contributed by atoms with Gasteiger partial charge in [0.2, 0.25) is 0 Å². The third-order valence-electron chi connectivity index (χ3n) is 3.30. The molecule has 0 atom stereocenters. The minimum absolute atomic E-state index is 0.761. The predicted octanol–water partition coefficient (Wildman–Crippen LogP) is 2.03. The van der Waals surface area contributed by atoms with Crippen LogP contribution in [0.25, 0.3) is 0 Å². The van der Waals surface area contributed by atoms with Gasteiger partial charge in [0, 0.05) is 25.4 Å². The molecule has 1 aliphatic rings. The zero-order valence-electron chi connectivity index (χ0n) is 10.3. The molecule has 0 spiro atoms. The molecule has 0 aromatic heterocycles. The van der Waals surface area contributed by atoms with E-state index in [0.29, 0.717) is 0 Å². The third-order valence-corrected chi connectivity index (χ3v) is 3.48. The van der Waals surface area contributed by atoms with Crippen LogP contribution in [0.2, 0.25) is 0 Å². The lowest BCUT2D eigenvalue weighted by Gasteiger charge is -2.19. The first kappa shape index (κ1) is 12.9. The molecule has 17 heavy (non-hydrogen) atoms. The van der Waals surface area contributed by atoms with E-state index in [1.807, 2.05) is 0 Å². The highest BCUT2D eigenvalue weighted by Crippen LogP contribution is 2.15. The molecule has 0 N–H and O–H groups in total. The molecule has 1 aromatic carbocycles. The van der Waals surface area contributed by atoms with E-state index in [9.17, 15) is 0 Å². The van der Waals surface area contributed by atoms with Gasteiger partial charge < -0.3 is 9.64 Å². The molecular formula is C14H21NOS. The van der Waals surface area contributed by atoms with Crippen LogP contribution in [0.4, 0.5) is 0 Å². The first-order valence-corrected chi connectivity index (χ1v) is 7.01. The molecule has 0 bridgehead atoms. The van der Waals surface area contributed by atoms with Crippen LogP contribution in [0, 0.1) is 0 Å². The minimum Gasteiger partial charge on any atom is -0.379 e. The Bertz CT molecular complexity index is 316. The smallest absolute Gasteiger partial charge is 0.0593 e. The summed E-state index contributed by atoms with van der Waals surface area (Å²) < 4.78 is 5.49. The van der Waals surface area contributed by atoms with Gasteiger partial charge in [-0.3, -0.25) is 0 Å². The topological polar surface area (TPSA) is 12.5 Å². The van der Waals surface area contributed by atoms with Crippen molar-refractivity contribution in [1.29, 1.82) is 0 Å². The average molecular weight is 251 g/mol. The average Bonchev–Trinajstić information content (AvgIpc) is 2.58. The van der Waals surface area contributed by atoms with E-state index in [1.54, 1.807) is 0 Å². The maximum absolute atomic E-state index is 5.49. The number of hydrogen-bond donors (Lipinski definition) is 1. The van der Waals surface area contributed by atoms with E-state index >= 15 is 0 Å². The zero-order chi connectivity index (χ0) is 11.9. The summed E-state index contributed by atoms with van der Waals surface area (Å²) in [6.45, 7) is 4.94. The van der Waals surface area contributed by atoms with E-state index in [1.165, 1.54) is 24.0 Å². The van der Waals surface area contributed by atoms with Gasteiger partial charge in [-0.25, -0.2) is 0 Å². The van der Waals surface area contributed by atoms with E-state index in [2.05, 4.69) is 41.8 Å². The largest absolute Gasteiger partial charge is 0.379 e. The lowest BCUT2D eigenvalue weighted by atomic mass is 10.0. The Morgan fingerprint density at radius 2 is 1.71 bits per heavy atom. The van der Waals surface area contributed by atoms with Gasteiger partial charge in [-0.2, -0.15) is 12.6 Å². The van der Waals surface area contributed by atoms with Gasteiger partial charge in [0.15, 0.2) is 0 Å². The minimum atomic E-state index is 0.761. The molecule has 2 nitrogen and oxygen atoms in total. The van der Waals surface area contributed by atoms with E-state index in [4.69, 9.17) is 4.74 Å². The third kappa shape index (κ3) is 4.02. The normalized spacial score (nSPS) is 16.5. The second-order valence-electron chi connectivity index (χ2n) is 4.45. The summed E-state index contributed by atoms with van der Waals surface area (Å²) >= 11 is 4.13. The van der Waals surface area contributed by atoms with Crippen molar-refractivity contribution in [2.24, 2.45) is 0 Å². The SMILES string of the molecule is SCCOCCN1CCc2ccccc2CC1. The van der Waals surface area contributed by atoms with E-state index in [0.717, 1.165) is 38.6 Å². The molecule has 1 aromatic rings. The second kappa shape index (κ2) is 7.04. The van der Waals surface area contributed by atoms with Crippen molar-refractivity contribution in [1.82, 2.24) is 4.90 Å². The molecule has 0 fully saturated rings. The van der Waals surface area contributed by atoms with Gasteiger partial charge in [-0.15, -0.1) is 0 Å². The summed E-state index contributed by atoms with van der Waals surface area (Å²) in [5.41, 5.74) is 3.04. The number of hydrogen-bond acceptors (Lipinski definition) is 3. The maximum atomic E-state index is 5.49. The number of thiol groups is 1. The van der Waals surface area contributed by atoms with Crippen LogP contribution in [-0.4, -0.2) is 43.5 Å². The number of benzene rings is 1. The number of ether oxygens (including phenoxy) is 1. The molecule has 0 unspecified atom stereocenters. The Morgan fingerprint density at radius 3 is 2.29 bits per heavy atom. The number of rotatable bonds is 5. The highest BCUT2D eigenvalue weighted by molar-refractivity contribution is 7.80. The molecule has 0 amide bonds. The number of nitrogens with zero attached hydrogens (tertiary/aromatic N) is 1. The van der Waals surface area contributed by atoms with Crippen LogP contribution < -0.4 is 0 Å². The molecule has 94 valence electrons. The first-order valence-electron chi connectivity index (χ1n) is 6.38. The molecule has 0 saturated carbocycles. The summed E-state index contributed by atoms with van der Waals surface area (Å²) in [5.74, 6) is 0.811. The fraction of sp³-hybridized carbons (Fsp3) is 0.571. The molecule has 1 heterocycles. The summed E-state index contributed by atoms with van der Waals surface area (Å²) in [5, 5.41) is 0. The molecular weight excluding hydrogens is 230 g/mol. The van der Waals surface area contributed by atoms with Crippen LogP contribution in [0.1, 0.15) is 11.1 Å². The Balaban J connectivity index is 1.78. The summed E-state index contributed by atoms with van der Waals surface area (Å²) in [4.78, 5) is 2.50. The van der Waals surface area contributed by atoms with Crippen LogP contribution in [-0.2, 0) is 17.6 Å². The van der Waals surface area contributed by atoms with Crippen molar-refractivity contribution in [2.45, 2.75) is 12.8 Å². The monoisotopic (exact) mass is 251 g/mol. The van der Waals surface area contributed by atoms with Gasteiger partial charge in [0.1, 0.15) is 0 Å². The molecule has 0 saturated heterocycles. The summed E-state index contributed by atoms with van der Waals surface area (Å²) in [6.07, 6.45) is 2.34.